The number of hydrogen-bond acceptors (Lipinski definition) is 24. The van der Waals surface area contributed by atoms with Gasteiger partial charge >= 0.3 is 24.1 Å². The monoisotopic (exact) mass is 2060 g/mol. The quantitative estimate of drug-likeness (QED) is 0.0237. The molecule has 0 spiro atoms. The maximum Gasteiger partial charge on any atom is 0.329 e. The summed E-state index contributed by atoms with van der Waals surface area (Å²) in [6.07, 6.45) is 1.60. The second-order valence-electron chi connectivity index (χ2n) is 34.0. The summed E-state index contributed by atoms with van der Waals surface area (Å²) in [5.74, 6) is 1.63. The van der Waals surface area contributed by atoms with Gasteiger partial charge in [-0.25, -0.2) is 76.1 Å². The lowest BCUT2D eigenvalue weighted by Gasteiger charge is -2.29. The van der Waals surface area contributed by atoms with Gasteiger partial charge < -0.3 is 78.8 Å². The van der Waals surface area contributed by atoms with Gasteiger partial charge in [0.1, 0.15) is 30.0 Å². The Morgan fingerprint density at radius 1 is 0.329 bits per heavy atom. The van der Waals surface area contributed by atoms with E-state index in [9.17, 15) is 76.4 Å². The van der Waals surface area contributed by atoms with Gasteiger partial charge in [-0.1, -0.05) is 182 Å². The van der Waals surface area contributed by atoms with Crippen LogP contribution in [0.2, 0.25) is 0 Å². The van der Waals surface area contributed by atoms with Gasteiger partial charge in [-0.2, -0.15) is 0 Å². The first-order chi connectivity index (χ1) is 69.9. The summed E-state index contributed by atoms with van der Waals surface area (Å²) in [5, 5.41) is 12.1. The van der Waals surface area contributed by atoms with E-state index in [1.165, 1.54) is 81.2 Å². The number of fused-ring (bicyclic) bond motifs is 6. The van der Waals surface area contributed by atoms with E-state index in [0.29, 0.717) is 97.4 Å². The van der Waals surface area contributed by atoms with Gasteiger partial charge in [-0.05, 0) is 180 Å². The highest BCUT2D eigenvalue weighted by Crippen LogP contribution is 2.42. The van der Waals surface area contributed by atoms with E-state index in [4.69, 9.17) is 37.9 Å². The number of anilines is 4. The normalized spacial score (nSPS) is 14.0. The lowest BCUT2D eigenvalue weighted by molar-refractivity contribution is -0.121. The van der Waals surface area contributed by atoms with Crippen LogP contribution in [0.1, 0.15) is 56.8 Å². The number of nitrogens with one attached hydrogen (secondary N) is 8. The van der Waals surface area contributed by atoms with Crippen LogP contribution in [-0.2, 0) is 85.0 Å². The third-order valence-corrected chi connectivity index (χ3v) is 30.1. The maximum absolute atomic E-state index is 13.8. The molecular formula is C105H101FN12O24S4. The van der Waals surface area contributed by atoms with Crippen LogP contribution in [0.4, 0.5) is 46.3 Å². The highest BCUT2D eigenvalue weighted by molar-refractivity contribution is 7.91. The summed E-state index contributed by atoms with van der Waals surface area (Å²) in [5.41, 5.74) is 7.65. The summed E-state index contributed by atoms with van der Waals surface area (Å²) < 4.78 is 167. The molecule has 41 heteroatoms. The maximum atomic E-state index is 13.8. The first-order valence-electron chi connectivity index (χ1n) is 45.5. The zero-order chi connectivity index (χ0) is 104. The number of hydrogen-bond donors (Lipinski definition) is 8. The van der Waals surface area contributed by atoms with Gasteiger partial charge in [-0.3, -0.25) is 19.2 Å². The van der Waals surface area contributed by atoms with Crippen LogP contribution < -0.4 is 97.7 Å². The van der Waals surface area contributed by atoms with Crippen molar-refractivity contribution >= 4 is 121 Å². The SMILES string of the molecule is CN(C(=O)[C@@H](Cc1ccccc1)NC(=O)NS(=O)(=O)c1ccccc1)c1ccc2c(c1)OCO2.Cc1ccccc1S(=O)(=O)NC(=O)N[C@@H](Cc1cccc(F)c1)C(=O)N(C)c1ccc2c(c1)OCO2.Cc1ccccc1S(=O)(=O)NC(=O)N[C@@H](Cc1cccc2ccccc12)C(=O)N(C)c1ccc2c(c1)OCO2.Cc1ccccc1S(=O)(=O)NC(=O)N[C@H](C(=O)N(C)c1ccc2c(c1)OCO2)C1CCc2ccccc21. The van der Waals surface area contributed by atoms with E-state index in [1.807, 2.05) is 111 Å². The molecule has 0 bridgehead atoms. The molecule has 0 aromatic heterocycles. The molecule has 12 amide bonds. The Kier molecular flexibility index (Phi) is 32.4. The van der Waals surface area contributed by atoms with Gasteiger partial charge in [0.2, 0.25) is 50.8 Å². The molecule has 146 heavy (non-hydrogen) atoms. The number of carbonyl (C=O) groups excluding carboxylic acids is 8. The van der Waals surface area contributed by atoms with Crippen LogP contribution in [0.3, 0.4) is 0 Å². The molecule has 5 aliphatic rings. The molecule has 756 valence electrons. The molecular weight excluding hydrogens is 1960 g/mol. The number of sulfonamides is 4. The first-order valence-corrected chi connectivity index (χ1v) is 51.4. The van der Waals surface area contributed by atoms with Crippen molar-refractivity contribution in [2.75, 3.05) is 75.0 Å². The Labute approximate surface area is 841 Å². The number of rotatable bonds is 27. The van der Waals surface area contributed by atoms with Crippen molar-refractivity contribution in [1.29, 1.82) is 0 Å². The molecule has 0 saturated heterocycles. The fraction of sp³-hybridized carbons (Fsp3) is 0.200. The van der Waals surface area contributed by atoms with Crippen LogP contribution in [0.25, 0.3) is 10.8 Å². The molecule has 1 aliphatic carbocycles. The molecule has 5 atom stereocenters. The van der Waals surface area contributed by atoms with E-state index >= 15 is 0 Å². The molecule has 18 rings (SSSR count). The Hall–Kier alpha value is -16.8. The Bertz CT molecular complexity index is 7610. The predicted molar refractivity (Wildman–Crippen MR) is 540 cm³/mol. The minimum absolute atomic E-state index is 0.00304. The lowest BCUT2D eigenvalue weighted by Crippen LogP contribution is -2.53. The first kappa shape index (κ1) is 104. The number of amides is 12. The number of aryl methyl sites for hydroxylation is 4. The molecule has 8 N–H and O–H groups in total. The van der Waals surface area contributed by atoms with Crippen molar-refractivity contribution < 1.29 is 114 Å². The fourth-order valence-corrected chi connectivity index (χ4v) is 21.1. The summed E-state index contributed by atoms with van der Waals surface area (Å²) in [6.45, 7) is 5.25. The van der Waals surface area contributed by atoms with Crippen LogP contribution in [0, 0.1) is 26.6 Å². The molecule has 0 fully saturated rings. The van der Waals surface area contributed by atoms with Gasteiger partial charge in [0.05, 0.1) is 19.6 Å². The van der Waals surface area contributed by atoms with Gasteiger partial charge in [0.25, 0.3) is 40.1 Å². The summed E-state index contributed by atoms with van der Waals surface area (Å²) in [7, 11) is -10.3. The molecule has 0 radical (unpaired) electrons. The van der Waals surface area contributed by atoms with Crippen LogP contribution in [-0.4, -0.2) is 161 Å². The molecule has 1 unspecified atom stereocenters. The molecule has 13 aromatic rings. The highest BCUT2D eigenvalue weighted by Gasteiger charge is 2.40. The zero-order valence-corrected chi connectivity index (χ0v) is 82.9. The second-order valence-corrected chi connectivity index (χ2v) is 40.6. The van der Waals surface area contributed by atoms with Crippen LogP contribution in [0.5, 0.6) is 46.0 Å². The zero-order valence-electron chi connectivity index (χ0n) is 79.6. The average molecular weight is 2060 g/mol. The number of halogens is 1. The van der Waals surface area contributed by atoms with Gasteiger partial charge in [-0.15, -0.1) is 0 Å². The van der Waals surface area contributed by atoms with Gasteiger partial charge in [0.15, 0.2) is 46.0 Å². The van der Waals surface area contributed by atoms with E-state index in [-0.39, 0.29) is 77.8 Å². The Balaban J connectivity index is 0.000000146. The van der Waals surface area contributed by atoms with E-state index in [0.717, 1.165) is 39.4 Å². The topological polar surface area (TPSA) is 456 Å². The van der Waals surface area contributed by atoms with Crippen molar-refractivity contribution in [3.05, 3.63) is 348 Å². The van der Waals surface area contributed by atoms with Crippen molar-refractivity contribution in [3.8, 4) is 46.0 Å². The van der Waals surface area contributed by atoms with Crippen molar-refractivity contribution in [3.63, 3.8) is 0 Å². The number of carbonyl (C=O) groups is 8. The second kappa shape index (κ2) is 45.6. The van der Waals surface area contributed by atoms with Crippen LogP contribution >= 0.6 is 0 Å². The van der Waals surface area contributed by atoms with E-state index in [2.05, 4.69) is 26.0 Å². The number of likely N-dealkylation sites (N-methyl/N-ethyl adjacent to an activating group) is 4. The summed E-state index contributed by atoms with van der Waals surface area (Å²) in [6, 6.07) is 74.1. The van der Waals surface area contributed by atoms with Crippen molar-refractivity contribution in [1.82, 2.24) is 40.2 Å². The third kappa shape index (κ3) is 25.3. The smallest absolute Gasteiger partial charge is 0.329 e. The molecule has 4 heterocycles. The minimum Gasteiger partial charge on any atom is -0.454 e. The molecule has 13 aromatic carbocycles. The fourth-order valence-electron chi connectivity index (χ4n) is 16.7. The number of ether oxygens (including phenoxy) is 8. The summed E-state index contributed by atoms with van der Waals surface area (Å²) in [4.78, 5) is 111. The Morgan fingerprint density at radius 2 is 0.664 bits per heavy atom. The molecule has 0 saturated carbocycles. The van der Waals surface area contributed by atoms with E-state index in [1.54, 1.807) is 188 Å². The number of benzene rings is 13. The lowest BCUT2D eigenvalue weighted by atomic mass is 9.92. The number of nitrogens with zero attached hydrogens (tertiary/aromatic N) is 4. The average Bonchev–Trinajstić information content (AvgIpc) is 1.65. The van der Waals surface area contributed by atoms with Gasteiger partial charge in [0, 0.05) is 100 Å². The third-order valence-electron chi connectivity index (χ3n) is 24.3. The number of urea groups is 4. The van der Waals surface area contributed by atoms with Crippen molar-refractivity contribution in [2.45, 2.75) is 103 Å². The standard InChI is InChI=1S/C29H27N3O6S.C27H27N3O6S.C25H24FN3O6S.C24H23N3O6S/c1-19-8-3-6-13-27(19)39(35,36)31-29(34)30-24(16-21-11-7-10-20-9-4-5-12-23(20)21)28(33)32(2)22-14-15-25-26(17-22)38-18-37-25;1-17-7-3-6-10-24(17)37(33,34)29-27(32)28-25(21-13-11-18-8-4-5-9-20(18)21)26(31)30(2)19-12-14-22-23(15-19)36-16-35-22;1-16-6-3-4-9-23(16)36(32,33)28-25(31)27-20(13-17-7-5-8-18(26)12-17)24(30)29(2)19-10-11-21-22(14-19)35-15-34-21;1-27(18-12-13-21-22(15-18)33-16-32-21)23(28)20(14-17-8-4-2-5-9-17)25-24(29)26-34(30,31)19-10-6-3-7-11-19/h3-15,17,24H,16,18H2,1-2H3,(H2,30,31,34);3-10,12,14-15,21,25H,11,13,16H2,1-2H3,(H2,28,29,32);3-12,14,20H,13,15H2,1-2H3,(H2,27,28,31);2-13,15,20H,14,16H2,1H3,(H2,25,26,29)/t24-;21?,25-;2*20-/m0001/s1. The molecule has 4 aliphatic heterocycles. The van der Waals surface area contributed by atoms with Crippen molar-refractivity contribution in [2.24, 2.45) is 0 Å². The summed E-state index contributed by atoms with van der Waals surface area (Å²) >= 11 is 0. The van der Waals surface area contributed by atoms with Crippen LogP contribution in [0.15, 0.2) is 317 Å². The van der Waals surface area contributed by atoms with E-state index < -0.39 is 112 Å². The highest BCUT2D eigenvalue weighted by atomic mass is 32.2. The minimum atomic E-state index is -4.20. The predicted octanol–water partition coefficient (Wildman–Crippen LogP) is 13.4. The largest absolute Gasteiger partial charge is 0.454 e. The Morgan fingerprint density at radius 3 is 1.10 bits per heavy atom. The molecule has 36 nitrogen and oxygen atoms in total.